The molecule has 7 N–H and O–H groups in total. The molecule has 0 aliphatic carbocycles. The molecule has 0 unspecified atom stereocenters. The van der Waals surface area contributed by atoms with Gasteiger partial charge in [-0.3, -0.25) is 0 Å². The van der Waals surface area contributed by atoms with Gasteiger partial charge in [-0.15, -0.1) is 12.6 Å². The first kappa shape index (κ1) is 15.5. The van der Waals surface area contributed by atoms with Crippen LogP contribution in [0.1, 0.15) is 0 Å². The molecule has 80 valence electrons. The molecule has 0 saturated carbocycles. The molecule has 0 aliphatic rings. The number of aliphatic hydroxyl groups excluding tert-OH is 2. The van der Waals surface area contributed by atoms with Gasteiger partial charge in [0.15, 0.2) is 12.6 Å². The molecule has 8 heteroatoms. The molecule has 0 heterocycles. The molecule has 0 spiro atoms. The van der Waals surface area contributed by atoms with Crippen molar-refractivity contribution in [2.45, 2.75) is 12.6 Å². The molecule has 6 nitrogen and oxygen atoms in total. The zero-order valence-corrected chi connectivity index (χ0v) is 8.50. The summed E-state index contributed by atoms with van der Waals surface area (Å²) in [4.78, 5) is 0. The van der Waals surface area contributed by atoms with Crippen molar-refractivity contribution in [3.05, 3.63) is 0 Å². The summed E-state index contributed by atoms with van der Waals surface area (Å²) in [7, 11) is 0. The highest BCUT2D eigenvalue weighted by Crippen LogP contribution is 1.77. The average Bonchev–Trinajstić information content (AvgIpc) is 2.02. The van der Waals surface area contributed by atoms with Gasteiger partial charge in [-0.05, 0) is 0 Å². The van der Waals surface area contributed by atoms with E-state index in [0.29, 0.717) is 0 Å². The van der Waals surface area contributed by atoms with Gasteiger partial charge in [0, 0.05) is 6.54 Å². The van der Waals surface area contributed by atoms with Gasteiger partial charge in [0.2, 0.25) is 0 Å². The molecular weight excluding hydrogens is 216 g/mol. The van der Waals surface area contributed by atoms with Crippen LogP contribution in [0.3, 0.4) is 0 Å². The molecule has 0 rings (SSSR count). The van der Waals surface area contributed by atoms with Crippen LogP contribution >= 0.6 is 24.8 Å². The van der Waals surface area contributed by atoms with Crippen LogP contribution < -0.4 is 11.1 Å². The third-order valence-electron chi connectivity index (χ3n) is 0.647. The Morgan fingerprint density at radius 1 is 1.31 bits per heavy atom. The first-order valence-electron chi connectivity index (χ1n) is 3.29. The van der Waals surface area contributed by atoms with Crippen LogP contribution in [-0.4, -0.2) is 50.4 Å². The Kier molecular flexibility index (Phi) is 12.1. The summed E-state index contributed by atoms with van der Waals surface area (Å²) in [6.07, 6.45) is -2.70. The summed E-state index contributed by atoms with van der Waals surface area (Å²) in [6.45, 7) is -0.0532. The van der Waals surface area contributed by atoms with Gasteiger partial charge in [0.25, 0.3) is 0 Å². The van der Waals surface area contributed by atoms with Crippen molar-refractivity contribution in [3.8, 4) is 0 Å². The number of aliphatic hydroxyl groups is 4. The Balaban J connectivity index is 0. The standard InChI is InChI=1S/C3H7NO2S2.C2H7NO2/c5-2(6)1-4-3(7)8;3-1-2(4)5/h2,5-6H,1H2,(H2,4,7,8);2,4-5H,1,3H2. The smallest absolute Gasteiger partial charge is 0.169 e. The molecule has 0 amide bonds. The lowest BCUT2D eigenvalue weighted by molar-refractivity contribution is -0.0340. The summed E-state index contributed by atoms with van der Waals surface area (Å²) < 4.78 is 0.262. The summed E-state index contributed by atoms with van der Waals surface area (Å²) in [5.74, 6) is 0. The van der Waals surface area contributed by atoms with E-state index < -0.39 is 12.6 Å². The second-order valence-corrected chi connectivity index (χ2v) is 3.04. The van der Waals surface area contributed by atoms with Crippen LogP contribution in [0.25, 0.3) is 0 Å². The van der Waals surface area contributed by atoms with Crippen LogP contribution in [0, 0.1) is 0 Å². The van der Waals surface area contributed by atoms with Gasteiger partial charge in [-0.1, -0.05) is 12.2 Å². The highest BCUT2D eigenvalue weighted by Gasteiger charge is 1.93. The number of hydrogen-bond donors (Lipinski definition) is 7. The normalized spacial score (nSPS) is 9.54. The lowest BCUT2D eigenvalue weighted by Crippen LogP contribution is -2.27. The van der Waals surface area contributed by atoms with Crippen LogP contribution in [0.5, 0.6) is 0 Å². The van der Waals surface area contributed by atoms with E-state index in [4.69, 9.17) is 20.4 Å². The van der Waals surface area contributed by atoms with Crippen molar-refractivity contribution in [1.29, 1.82) is 0 Å². The Morgan fingerprint density at radius 2 is 1.69 bits per heavy atom. The molecule has 0 atom stereocenters. The Labute approximate surface area is 86.8 Å². The number of thiocarbonyl (C=S) groups is 1. The van der Waals surface area contributed by atoms with E-state index in [9.17, 15) is 0 Å². The second kappa shape index (κ2) is 10.1. The van der Waals surface area contributed by atoms with E-state index in [2.05, 4.69) is 35.9 Å². The highest BCUT2D eigenvalue weighted by atomic mass is 32.1. The zero-order chi connectivity index (χ0) is 10.9. The van der Waals surface area contributed by atoms with Gasteiger partial charge in [0.1, 0.15) is 4.32 Å². The molecule has 0 aromatic carbocycles. The van der Waals surface area contributed by atoms with Crippen LogP contribution in [0.4, 0.5) is 0 Å². The fourth-order valence-electron chi connectivity index (χ4n) is 0.179. The Hall–Kier alpha value is 0.0400. The van der Waals surface area contributed by atoms with Crippen molar-refractivity contribution in [2.75, 3.05) is 13.1 Å². The molecule has 0 fully saturated rings. The minimum Gasteiger partial charge on any atom is -0.367 e. The maximum Gasteiger partial charge on any atom is 0.169 e. The lowest BCUT2D eigenvalue weighted by atomic mass is 10.6. The summed E-state index contributed by atoms with van der Waals surface area (Å²) >= 11 is 8.12. The summed E-state index contributed by atoms with van der Waals surface area (Å²) in [6, 6.07) is 0. The van der Waals surface area contributed by atoms with Crippen molar-refractivity contribution in [1.82, 2.24) is 5.32 Å². The van der Waals surface area contributed by atoms with Crippen molar-refractivity contribution in [2.24, 2.45) is 5.73 Å². The van der Waals surface area contributed by atoms with Crippen LogP contribution in [-0.2, 0) is 0 Å². The number of hydrogen-bond acceptors (Lipinski definition) is 6. The van der Waals surface area contributed by atoms with E-state index in [-0.39, 0.29) is 17.4 Å². The molecule has 0 bridgehead atoms. The van der Waals surface area contributed by atoms with E-state index in [1.54, 1.807) is 0 Å². The minimum atomic E-state index is -1.36. The monoisotopic (exact) mass is 230 g/mol. The van der Waals surface area contributed by atoms with E-state index >= 15 is 0 Å². The Bertz CT molecular complexity index is 134. The van der Waals surface area contributed by atoms with Crippen molar-refractivity contribution >= 4 is 29.2 Å². The van der Waals surface area contributed by atoms with Crippen LogP contribution in [0.15, 0.2) is 0 Å². The number of rotatable bonds is 3. The topological polar surface area (TPSA) is 119 Å². The second-order valence-electron chi connectivity index (χ2n) is 1.88. The van der Waals surface area contributed by atoms with Gasteiger partial charge in [-0.25, -0.2) is 0 Å². The van der Waals surface area contributed by atoms with Gasteiger partial charge in [-0.2, -0.15) is 0 Å². The van der Waals surface area contributed by atoms with E-state index in [1.165, 1.54) is 0 Å². The third-order valence-corrected chi connectivity index (χ3v) is 0.949. The van der Waals surface area contributed by atoms with Crippen molar-refractivity contribution in [3.63, 3.8) is 0 Å². The molecule has 0 aromatic rings. The van der Waals surface area contributed by atoms with Gasteiger partial charge >= 0.3 is 0 Å². The lowest BCUT2D eigenvalue weighted by Gasteiger charge is -2.02. The molecule has 0 aliphatic heterocycles. The maximum absolute atomic E-state index is 8.20. The minimum absolute atomic E-state index is 0.0301. The highest BCUT2D eigenvalue weighted by molar-refractivity contribution is 8.11. The first-order valence-corrected chi connectivity index (χ1v) is 4.14. The predicted octanol–water partition coefficient (Wildman–Crippen LogP) is -2.64. The zero-order valence-electron chi connectivity index (χ0n) is 6.79. The van der Waals surface area contributed by atoms with Crippen LogP contribution in [0.2, 0.25) is 0 Å². The fourth-order valence-corrected chi connectivity index (χ4v) is 0.353. The Morgan fingerprint density at radius 3 is 1.77 bits per heavy atom. The summed E-state index contributed by atoms with van der Waals surface area (Å²) in [5.41, 5.74) is 4.67. The van der Waals surface area contributed by atoms with E-state index in [0.717, 1.165) is 0 Å². The summed E-state index contributed by atoms with van der Waals surface area (Å²) in [5, 5.41) is 34.4. The molecular formula is C5H14N2O4S2. The SMILES string of the molecule is NCC(O)O.OC(O)CNC(=S)S. The van der Waals surface area contributed by atoms with Gasteiger partial charge in [0.05, 0.1) is 6.54 Å². The maximum atomic E-state index is 8.20. The fraction of sp³-hybridized carbons (Fsp3) is 0.800. The van der Waals surface area contributed by atoms with Crippen molar-refractivity contribution < 1.29 is 20.4 Å². The predicted molar refractivity (Wildman–Crippen MR) is 55.1 cm³/mol. The molecule has 0 saturated heterocycles. The quantitative estimate of drug-likeness (QED) is 0.161. The number of thiol groups is 1. The third kappa shape index (κ3) is 24.5. The number of nitrogens with two attached hydrogens (primary N) is 1. The van der Waals surface area contributed by atoms with Gasteiger partial charge < -0.3 is 31.5 Å². The molecule has 0 aromatic heterocycles. The molecule has 13 heavy (non-hydrogen) atoms. The first-order chi connectivity index (χ1) is 5.90. The number of nitrogens with one attached hydrogen (secondary N) is 1. The average molecular weight is 230 g/mol. The van der Waals surface area contributed by atoms with E-state index in [1.807, 2.05) is 0 Å². The largest absolute Gasteiger partial charge is 0.367 e. The molecule has 0 radical (unpaired) electrons.